The van der Waals surface area contributed by atoms with Crippen LogP contribution in [-0.2, 0) is 0 Å². The zero-order chi connectivity index (χ0) is 12.4. The Bertz CT molecular complexity index is 581. The van der Waals surface area contributed by atoms with Crippen molar-refractivity contribution < 1.29 is 9.18 Å². The third kappa shape index (κ3) is 2.25. The van der Waals surface area contributed by atoms with Crippen LogP contribution in [0.3, 0.4) is 0 Å². The van der Waals surface area contributed by atoms with Crippen LogP contribution in [0.4, 0.5) is 10.1 Å². The second kappa shape index (κ2) is 4.25. The summed E-state index contributed by atoms with van der Waals surface area (Å²) in [5.41, 5.74) is 12.8. The van der Waals surface area contributed by atoms with Gasteiger partial charge in [-0.25, -0.2) is 4.39 Å². The zero-order valence-corrected chi connectivity index (χ0v) is 8.98. The van der Waals surface area contributed by atoms with Gasteiger partial charge in [0, 0.05) is 11.3 Å². The molecule has 2 aromatic rings. The van der Waals surface area contributed by atoms with E-state index in [2.05, 4.69) is 0 Å². The Morgan fingerprint density at radius 1 is 1.12 bits per heavy atom. The molecule has 4 heteroatoms. The van der Waals surface area contributed by atoms with Crippen LogP contribution >= 0.6 is 0 Å². The number of nitrogen functional groups attached to an aromatic ring is 1. The number of amides is 1. The van der Waals surface area contributed by atoms with E-state index in [4.69, 9.17) is 11.5 Å². The lowest BCUT2D eigenvalue weighted by Gasteiger charge is -2.08. The molecule has 0 heterocycles. The molecule has 0 saturated carbocycles. The Morgan fingerprint density at radius 3 is 2.53 bits per heavy atom. The third-order valence-electron chi connectivity index (χ3n) is 2.44. The Balaban J connectivity index is 2.63. The fourth-order valence-electron chi connectivity index (χ4n) is 1.67. The summed E-state index contributed by atoms with van der Waals surface area (Å²) >= 11 is 0. The van der Waals surface area contributed by atoms with Gasteiger partial charge in [0.15, 0.2) is 0 Å². The van der Waals surface area contributed by atoms with Gasteiger partial charge in [-0.3, -0.25) is 4.79 Å². The standard InChI is InChI=1S/C13H11FN2O/c14-9-3-1-2-8(6-9)11-5-4-10(15)7-12(11)13(16)17/h1-7H,15H2,(H2,16,17). The van der Waals surface area contributed by atoms with Crippen LogP contribution < -0.4 is 11.5 Å². The minimum Gasteiger partial charge on any atom is -0.399 e. The maximum Gasteiger partial charge on any atom is 0.249 e. The highest BCUT2D eigenvalue weighted by molar-refractivity contribution is 6.00. The smallest absolute Gasteiger partial charge is 0.249 e. The van der Waals surface area contributed by atoms with Crippen molar-refractivity contribution in [2.45, 2.75) is 0 Å². The van der Waals surface area contributed by atoms with Crippen LogP contribution in [-0.4, -0.2) is 5.91 Å². The number of rotatable bonds is 2. The summed E-state index contributed by atoms with van der Waals surface area (Å²) in [6, 6.07) is 10.8. The lowest BCUT2D eigenvalue weighted by atomic mass is 9.98. The number of carbonyl (C=O) groups is 1. The molecule has 1 amide bonds. The van der Waals surface area contributed by atoms with Crippen LogP contribution in [0.15, 0.2) is 42.5 Å². The SMILES string of the molecule is NC(=O)c1cc(N)ccc1-c1cccc(F)c1. The van der Waals surface area contributed by atoms with Crippen LogP contribution in [0.25, 0.3) is 11.1 Å². The number of hydrogen-bond donors (Lipinski definition) is 2. The van der Waals surface area contributed by atoms with Gasteiger partial charge in [0.1, 0.15) is 5.82 Å². The minimum absolute atomic E-state index is 0.288. The largest absolute Gasteiger partial charge is 0.399 e. The van der Waals surface area contributed by atoms with Crippen molar-refractivity contribution in [3.8, 4) is 11.1 Å². The van der Waals surface area contributed by atoms with Crippen LogP contribution in [0.1, 0.15) is 10.4 Å². The molecular formula is C13H11FN2O. The lowest BCUT2D eigenvalue weighted by molar-refractivity contribution is 0.100. The number of carbonyl (C=O) groups excluding carboxylic acids is 1. The predicted octanol–water partition coefficient (Wildman–Crippen LogP) is 2.17. The van der Waals surface area contributed by atoms with Gasteiger partial charge in [-0.1, -0.05) is 18.2 Å². The second-order valence-corrected chi connectivity index (χ2v) is 3.68. The molecule has 4 N–H and O–H groups in total. The van der Waals surface area contributed by atoms with E-state index in [1.807, 2.05) is 0 Å². The van der Waals surface area contributed by atoms with Gasteiger partial charge in [0.05, 0.1) is 0 Å². The van der Waals surface area contributed by atoms with E-state index in [1.54, 1.807) is 24.3 Å². The first-order valence-corrected chi connectivity index (χ1v) is 5.03. The molecule has 2 aromatic carbocycles. The van der Waals surface area contributed by atoms with E-state index in [-0.39, 0.29) is 11.4 Å². The average Bonchev–Trinajstić information content (AvgIpc) is 2.28. The van der Waals surface area contributed by atoms with E-state index < -0.39 is 5.91 Å². The Kier molecular flexibility index (Phi) is 2.78. The topological polar surface area (TPSA) is 69.1 Å². The molecule has 0 fully saturated rings. The molecule has 0 aliphatic heterocycles. The van der Waals surface area contributed by atoms with E-state index in [0.717, 1.165) is 0 Å². The van der Waals surface area contributed by atoms with Crippen LogP contribution in [0, 0.1) is 5.82 Å². The number of primary amides is 1. The molecule has 0 radical (unpaired) electrons. The second-order valence-electron chi connectivity index (χ2n) is 3.68. The molecule has 0 unspecified atom stereocenters. The molecule has 0 aromatic heterocycles. The summed E-state index contributed by atoms with van der Waals surface area (Å²) in [5, 5.41) is 0. The summed E-state index contributed by atoms with van der Waals surface area (Å²) in [6.45, 7) is 0. The molecule has 0 atom stereocenters. The quantitative estimate of drug-likeness (QED) is 0.776. The van der Waals surface area contributed by atoms with E-state index in [1.165, 1.54) is 18.2 Å². The number of hydrogen-bond acceptors (Lipinski definition) is 2. The van der Waals surface area contributed by atoms with Crippen molar-refractivity contribution in [2.24, 2.45) is 5.73 Å². The Labute approximate surface area is 97.9 Å². The van der Waals surface area contributed by atoms with Crippen molar-refractivity contribution in [3.63, 3.8) is 0 Å². The molecule has 0 bridgehead atoms. The normalized spacial score (nSPS) is 10.2. The highest BCUT2D eigenvalue weighted by Gasteiger charge is 2.10. The summed E-state index contributed by atoms with van der Waals surface area (Å²) in [4.78, 5) is 11.3. The minimum atomic E-state index is -0.587. The highest BCUT2D eigenvalue weighted by Crippen LogP contribution is 2.25. The number of nitrogens with two attached hydrogens (primary N) is 2. The fourth-order valence-corrected chi connectivity index (χ4v) is 1.67. The molecule has 86 valence electrons. The summed E-state index contributed by atoms with van der Waals surface area (Å²) in [5.74, 6) is -0.952. The predicted molar refractivity (Wildman–Crippen MR) is 64.8 cm³/mol. The number of benzene rings is 2. The van der Waals surface area contributed by atoms with Gasteiger partial charge in [-0.05, 0) is 35.4 Å². The molecule has 17 heavy (non-hydrogen) atoms. The third-order valence-corrected chi connectivity index (χ3v) is 2.44. The van der Waals surface area contributed by atoms with Gasteiger partial charge >= 0.3 is 0 Å². The van der Waals surface area contributed by atoms with E-state index >= 15 is 0 Å². The van der Waals surface area contributed by atoms with Crippen molar-refractivity contribution in [2.75, 3.05) is 5.73 Å². The summed E-state index contributed by atoms with van der Waals surface area (Å²) < 4.78 is 13.1. The Morgan fingerprint density at radius 2 is 1.88 bits per heavy atom. The molecular weight excluding hydrogens is 219 g/mol. The molecule has 0 saturated heterocycles. The van der Waals surface area contributed by atoms with Gasteiger partial charge < -0.3 is 11.5 Å². The average molecular weight is 230 g/mol. The van der Waals surface area contributed by atoms with E-state index in [9.17, 15) is 9.18 Å². The Hall–Kier alpha value is -2.36. The maximum absolute atomic E-state index is 13.1. The van der Waals surface area contributed by atoms with Gasteiger partial charge in [-0.15, -0.1) is 0 Å². The highest BCUT2D eigenvalue weighted by atomic mass is 19.1. The van der Waals surface area contributed by atoms with Crippen molar-refractivity contribution >= 4 is 11.6 Å². The first-order valence-electron chi connectivity index (χ1n) is 5.03. The van der Waals surface area contributed by atoms with Gasteiger partial charge in [0.25, 0.3) is 0 Å². The molecule has 3 nitrogen and oxygen atoms in total. The first-order chi connectivity index (χ1) is 8.08. The zero-order valence-electron chi connectivity index (χ0n) is 8.98. The maximum atomic E-state index is 13.1. The van der Waals surface area contributed by atoms with Crippen molar-refractivity contribution in [3.05, 3.63) is 53.8 Å². The number of halogens is 1. The molecule has 0 aliphatic carbocycles. The van der Waals surface area contributed by atoms with Crippen LogP contribution in [0.2, 0.25) is 0 Å². The first kappa shape index (κ1) is 11.1. The molecule has 0 spiro atoms. The fraction of sp³-hybridized carbons (Fsp3) is 0. The summed E-state index contributed by atoms with van der Waals surface area (Å²) in [7, 11) is 0. The monoisotopic (exact) mass is 230 g/mol. The molecule has 0 aliphatic rings. The van der Waals surface area contributed by atoms with Crippen LogP contribution in [0.5, 0.6) is 0 Å². The molecule has 2 rings (SSSR count). The van der Waals surface area contributed by atoms with Gasteiger partial charge in [-0.2, -0.15) is 0 Å². The lowest BCUT2D eigenvalue weighted by Crippen LogP contribution is -2.12. The van der Waals surface area contributed by atoms with Crippen molar-refractivity contribution in [1.82, 2.24) is 0 Å². The van der Waals surface area contributed by atoms with Crippen molar-refractivity contribution in [1.29, 1.82) is 0 Å². The number of anilines is 1. The van der Waals surface area contributed by atoms with E-state index in [0.29, 0.717) is 16.8 Å². The van der Waals surface area contributed by atoms with Gasteiger partial charge in [0.2, 0.25) is 5.91 Å². The summed E-state index contributed by atoms with van der Waals surface area (Å²) in [6.07, 6.45) is 0.